The largest absolute Gasteiger partial charge is 0.321 e. The van der Waals surface area contributed by atoms with Crippen molar-refractivity contribution in [2.75, 3.05) is 26.0 Å². The molecule has 20 heavy (non-hydrogen) atoms. The zero-order chi connectivity index (χ0) is 14.8. The standard InChI is InChI=1S/C17H26N2O/c1-13-9-10-16(14(2)11-13)18-17(20)12-19(3,4)15-7-5-6-8-15/h9-11,15H,5-8,12H2,1-4H3/p+1. The lowest BCUT2D eigenvalue weighted by atomic mass is 10.1. The van der Waals surface area contributed by atoms with E-state index in [1.807, 2.05) is 19.1 Å². The summed E-state index contributed by atoms with van der Waals surface area (Å²) in [6.07, 6.45) is 5.13. The van der Waals surface area contributed by atoms with Crippen molar-refractivity contribution in [2.45, 2.75) is 45.6 Å². The topological polar surface area (TPSA) is 29.1 Å². The van der Waals surface area contributed by atoms with Crippen LogP contribution in [-0.4, -0.2) is 37.1 Å². The van der Waals surface area contributed by atoms with Gasteiger partial charge in [0.05, 0.1) is 20.1 Å². The van der Waals surface area contributed by atoms with Gasteiger partial charge in [-0.05, 0) is 51.2 Å². The number of amides is 1. The Bertz CT molecular complexity index is 488. The molecular formula is C17H27N2O+. The van der Waals surface area contributed by atoms with E-state index >= 15 is 0 Å². The highest BCUT2D eigenvalue weighted by Gasteiger charge is 2.33. The van der Waals surface area contributed by atoms with Gasteiger partial charge in [0.25, 0.3) is 5.91 Å². The minimum absolute atomic E-state index is 0.119. The molecule has 0 aliphatic heterocycles. The van der Waals surface area contributed by atoms with Crippen LogP contribution in [0.15, 0.2) is 18.2 Å². The van der Waals surface area contributed by atoms with E-state index in [2.05, 4.69) is 32.4 Å². The molecular weight excluding hydrogens is 248 g/mol. The molecule has 0 radical (unpaired) electrons. The van der Waals surface area contributed by atoms with Crippen LogP contribution in [0.1, 0.15) is 36.8 Å². The van der Waals surface area contributed by atoms with Gasteiger partial charge >= 0.3 is 0 Å². The van der Waals surface area contributed by atoms with Crippen molar-refractivity contribution in [1.29, 1.82) is 0 Å². The third kappa shape index (κ3) is 3.60. The van der Waals surface area contributed by atoms with Crippen LogP contribution >= 0.6 is 0 Å². The van der Waals surface area contributed by atoms with Crippen LogP contribution in [0, 0.1) is 13.8 Å². The van der Waals surface area contributed by atoms with E-state index in [1.54, 1.807) is 0 Å². The summed E-state index contributed by atoms with van der Waals surface area (Å²) in [5.41, 5.74) is 3.29. The molecule has 2 rings (SSSR count). The fourth-order valence-electron chi connectivity index (χ4n) is 3.25. The third-order valence-corrected chi connectivity index (χ3v) is 4.52. The Morgan fingerprint density at radius 3 is 2.50 bits per heavy atom. The maximum Gasteiger partial charge on any atom is 0.279 e. The molecule has 1 saturated carbocycles. The SMILES string of the molecule is Cc1ccc(NC(=O)C[N+](C)(C)C2CCCC2)c(C)c1. The zero-order valence-corrected chi connectivity index (χ0v) is 13.2. The van der Waals surface area contributed by atoms with Crippen LogP contribution in [-0.2, 0) is 4.79 Å². The molecule has 0 heterocycles. The Balaban J connectivity index is 1.98. The van der Waals surface area contributed by atoms with Gasteiger partial charge in [-0.25, -0.2) is 0 Å². The molecule has 1 aromatic carbocycles. The summed E-state index contributed by atoms with van der Waals surface area (Å²) in [5.74, 6) is 0.119. The summed E-state index contributed by atoms with van der Waals surface area (Å²) in [6, 6.07) is 6.78. The fourth-order valence-corrected chi connectivity index (χ4v) is 3.25. The number of carbonyl (C=O) groups is 1. The molecule has 0 aromatic heterocycles. The molecule has 110 valence electrons. The predicted molar refractivity (Wildman–Crippen MR) is 83.8 cm³/mol. The molecule has 0 atom stereocenters. The summed E-state index contributed by atoms with van der Waals surface area (Å²) < 4.78 is 0.802. The molecule has 3 heteroatoms. The number of rotatable bonds is 4. The number of hydrogen-bond donors (Lipinski definition) is 1. The number of quaternary nitrogens is 1. The van der Waals surface area contributed by atoms with E-state index in [4.69, 9.17) is 0 Å². The van der Waals surface area contributed by atoms with Crippen molar-refractivity contribution in [3.05, 3.63) is 29.3 Å². The van der Waals surface area contributed by atoms with Crippen molar-refractivity contribution in [1.82, 2.24) is 0 Å². The molecule has 1 fully saturated rings. The molecule has 0 saturated heterocycles. The number of carbonyl (C=O) groups excluding carboxylic acids is 1. The Morgan fingerprint density at radius 2 is 1.90 bits per heavy atom. The number of nitrogens with one attached hydrogen (secondary N) is 1. The second-order valence-electron chi connectivity index (χ2n) is 6.74. The monoisotopic (exact) mass is 275 g/mol. The van der Waals surface area contributed by atoms with E-state index in [0.29, 0.717) is 12.6 Å². The van der Waals surface area contributed by atoms with Crippen LogP contribution in [0.3, 0.4) is 0 Å². The highest BCUT2D eigenvalue weighted by molar-refractivity contribution is 5.92. The van der Waals surface area contributed by atoms with Gasteiger partial charge in [0.15, 0.2) is 6.54 Å². The van der Waals surface area contributed by atoms with Gasteiger partial charge in [-0.15, -0.1) is 0 Å². The first kappa shape index (κ1) is 15.0. The highest BCUT2D eigenvalue weighted by atomic mass is 16.2. The van der Waals surface area contributed by atoms with Gasteiger partial charge < -0.3 is 9.80 Å². The van der Waals surface area contributed by atoms with E-state index in [0.717, 1.165) is 15.7 Å². The lowest BCUT2D eigenvalue weighted by molar-refractivity contribution is -0.906. The van der Waals surface area contributed by atoms with Crippen LogP contribution in [0.5, 0.6) is 0 Å². The number of hydrogen-bond acceptors (Lipinski definition) is 1. The molecule has 1 amide bonds. The maximum atomic E-state index is 12.3. The van der Waals surface area contributed by atoms with Gasteiger partial charge in [0.2, 0.25) is 0 Å². The van der Waals surface area contributed by atoms with E-state index in [9.17, 15) is 4.79 Å². The molecule has 1 aliphatic carbocycles. The Kier molecular flexibility index (Phi) is 4.48. The summed E-state index contributed by atoms with van der Waals surface area (Å²) in [4.78, 5) is 12.3. The minimum atomic E-state index is 0.119. The van der Waals surface area contributed by atoms with Crippen LogP contribution < -0.4 is 5.32 Å². The number of anilines is 1. The summed E-state index contributed by atoms with van der Waals surface area (Å²) in [6.45, 7) is 4.66. The predicted octanol–water partition coefficient (Wildman–Crippen LogP) is 3.26. The van der Waals surface area contributed by atoms with Crippen molar-refractivity contribution < 1.29 is 9.28 Å². The third-order valence-electron chi connectivity index (χ3n) is 4.52. The van der Waals surface area contributed by atoms with Gasteiger partial charge in [-0.1, -0.05) is 17.7 Å². The Morgan fingerprint density at radius 1 is 1.25 bits per heavy atom. The smallest absolute Gasteiger partial charge is 0.279 e. The number of nitrogens with zero attached hydrogens (tertiary/aromatic N) is 1. The molecule has 1 aromatic rings. The van der Waals surface area contributed by atoms with Crippen molar-refractivity contribution >= 4 is 11.6 Å². The van der Waals surface area contributed by atoms with Gasteiger partial charge in [0.1, 0.15) is 0 Å². The normalized spacial score (nSPS) is 16.4. The summed E-state index contributed by atoms with van der Waals surface area (Å²) in [5, 5.41) is 3.06. The first-order valence-corrected chi connectivity index (χ1v) is 7.58. The average Bonchev–Trinajstić information content (AvgIpc) is 2.86. The second kappa shape index (κ2) is 5.96. The maximum absolute atomic E-state index is 12.3. The van der Waals surface area contributed by atoms with E-state index < -0.39 is 0 Å². The lowest BCUT2D eigenvalue weighted by Gasteiger charge is -2.35. The van der Waals surface area contributed by atoms with Crippen LogP contribution in [0.4, 0.5) is 5.69 Å². The van der Waals surface area contributed by atoms with Crippen molar-refractivity contribution in [3.63, 3.8) is 0 Å². The number of aryl methyl sites for hydroxylation is 2. The van der Waals surface area contributed by atoms with Crippen LogP contribution in [0.2, 0.25) is 0 Å². The Labute approximate surface area is 122 Å². The minimum Gasteiger partial charge on any atom is -0.321 e. The van der Waals surface area contributed by atoms with E-state index in [1.165, 1.54) is 31.2 Å². The van der Waals surface area contributed by atoms with Gasteiger partial charge in [-0.3, -0.25) is 4.79 Å². The quantitative estimate of drug-likeness (QED) is 0.840. The van der Waals surface area contributed by atoms with Crippen molar-refractivity contribution in [2.24, 2.45) is 0 Å². The Hall–Kier alpha value is -1.35. The van der Waals surface area contributed by atoms with Gasteiger partial charge in [0, 0.05) is 5.69 Å². The fraction of sp³-hybridized carbons (Fsp3) is 0.588. The molecule has 0 unspecified atom stereocenters. The number of benzene rings is 1. The average molecular weight is 275 g/mol. The lowest BCUT2D eigenvalue weighted by Crippen LogP contribution is -2.51. The summed E-state index contributed by atoms with van der Waals surface area (Å²) >= 11 is 0. The molecule has 0 spiro atoms. The molecule has 3 nitrogen and oxygen atoms in total. The first-order chi connectivity index (χ1) is 9.38. The zero-order valence-electron chi connectivity index (χ0n) is 13.2. The van der Waals surface area contributed by atoms with Gasteiger partial charge in [-0.2, -0.15) is 0 Å². The summed E-state index contributed by atoms with van der Waals surface area (Å²) in [7, 11) is 4.36. The number of likely N-dealkylation sites (N-methyl/N-ethyl adjacent to an activating group) is 1. The molecule has 0 bridgehead atoms. The highest BCUT2D eigenvalue weighted by Crippen LogP contribution is 2.26. The van der Waals surface area contributed by atoms with Crippen molar-refractivity contribution in [3.8, 4) is 0 Å². The second-order valence-corrected chi connectivity index (χ2v) is 6.74. The van der Waals surface area contributed by atoms with E-state index in [-0.39, 0.29) is 5.91 Å². The molecule has 1 aliphatic rings. The molecule has 1 N–H and O–H groups in total. The van der Waals surface area contributed by atoms with Crippen LogP contribution in [0.25, 0.3) is 0 Å². The first-order valence-electron chi connectivity index (χ1n) is 7.58.